The number of hydrogen-bond acceptors (Lipinski definition) is 2. The summed E-state index contributed by atoms with van der Waals surface area (Å²) in [6.07, 6.45) is 9.42. The Morgan fingerprint density at radius 3 is 2.76 bits per heavy atom. The molecule has 1 fully saturated rings. The minimum absolute atomic E-state index is 0.420. The van der Waals surface area contributed by atoms with Crippen molar-refractivity contribution in [1.29, 1.82) is 0 Å². The monoisotopic (exact) mass is 239 g/mol. The van der Waals surface area contributed by atoms with Crippen molar-refractivity contribution in [3.63, 3.8) is 0 Å². The van der Waals surface area contributed by atoms with Crippen molar-refractivity contribution in [3.05, 3.63) is 0 Å². The summed E-state index contributed by atoms with van der Waals surface area (Å²) in [6, 6.07) is 0. The molecule has 1 rings (SSSR count). The Balaban J connectivity index is 2.15. The molecular weight excluding hydrogens is 210 g/mol. The SMILES string of the molecule is CCCC1CCCN(CCCC(=O)CC)CC1. The van der Waals surface area contributed by atoms with Crippen LogP contribution in [0.3, 0.4) is 0 Å². The van der Waals surface area contributed by atoms with Gasteiger partial charge in [-0.15, -0.1) is 0 Å². The van der Waals surface area contributed by atoms with Crippen molar-refractivity contribution in [2.45, 2.75) is 65.2 Å². The van der Waals surface area contributed by atoms with E-state index in [4.69, 9.17) is 0 Å². The molecule has 0 aliphatic carbocycles. The molecule has 1 heterocycles. The number of ketones is 1. The summed E-state index contributed by atoms with van der Waals surface area (Å²) in [5, 5.41) is 0. The second-order valence-electron chi connectivity index (χ2n) is 5.42. The van der Waals surface area contributed by atoms with Crippen LogP contribution in [-0.2, 0) is 4.79 Å². The van der Waals surface area contributed by atoms with Gasteiger partial charge in [0.25, 0.3) is 0 Å². The van der Waals surface area contributed by atoms with Gasteiger partial charge in [0.2, 0.25) is 0 Å². The molecule has 0 radical (unpaired) electrons. The number of Topliss-reactive ketones (excluding diaryl/α,β-unsaturated/α-hetero) is 1. The van der Waals surface area contributed by atoms with E-state index in [2.05, 4.69) is 11.8 Å². The van der Waals surface area contributed by atoms with E-state index in [1.165, 1.54) is 45.2 Å². The van der Waals surface area contributed by atoms with E-state index in [9.17, 15) is 4.79 Å². The fraction of sp³-hybridized carbons (Fsp3) is 0.933. The smallest absolute Gasteiger partial charge is 0.132 e. The van der Waals surface area contributed by atoms with Crippen molar-refractivity contribution < 1.29 is 4.79 Å². The maximum absolute atomic E-state index is 11.2. The Morgan fingerprint density at radius 2 is 2.06 bits per heavy atom. The molecule has 0 N–H and O–H groups in total. The van der Waals surface area contributed by atoms with Crippen LogP contribution in [0.1, 0.15) is 65.2 Å². The van der Waals surface area contributed by atoms with E-state index in [0.717, 1.165) is 25.3 Å². The van der Waals surface area contributed by atoms with Gasteiger partial charge in [-0.3, -0.25) is 4.79 Å². The van der Waals surface area contributed by atoms with Crippen LogP contribution in [0.25, 0.3) is 0 Å². The summed E-state index contributed by atoms with van der Waals surface area (Å²) in [7, 11) is 0. The van der Waals surface area contributed by atoms with Gasteiger partial charge >= 0.3 is 0 Å². The lowest BCUT2D eigenvalue weighted by Crippen LogP contribution is -2.26. The lowest BCUT2D eigenvalue weighted by molar-refractivity contribution is -0.118. The zero-order valence-electron chi connectivity index (χ0n) is 11.7. The normalized spacial score (nSPS) is 22.4. The van der Waals surface area contributed by atoms with Crippen LogP contribution in [0.4, 0.5) is 0 Å². The molecule has 1 aliphatic heterocycles. The third kappa shape index (κ3) is 6.21. The van der Waals surface area contributed by atoms with E-state index in [0.29, 0.717) is 12.2 Å². The first-order chi connectivity index (χ1) is 8.26. The number of rotatable bonds is 7. The minimum Gasteiger partial charge on any atom is -0.303 e. The number of nitrogens with zero attached hydrogens (tertiary/aromatic N) is 1. The lowest BCUT2D eigenvalue weighted by Gasteiger charge is -2.19. The Labute approximate surface area is 107 Å². The van der Waals surface area contributed by atoms with Gasteiger partial charge in [0.1, 0.15) is 5.78 Å². The van der Waals surface area contributed by atoms with Crippen molar-refractivity contribution in [3.8, 4) is 0 Å². The Hall–Kier alpha value is -0.370. The van der Waals surface area contributed by atoms with Gasteiger partial charge in [0.05, 0.1) is 0 Å². The first kappa shape index (κ1) is 14.7. The topological polar surface area (TPSA) is 20.3 Å². The molecule has 0 spiro atoms. The van der Waals surface area contributed by atoms with Gasteiger partial charge in [0, 0.05) is 12.8 Å². The molecule has 0 aromatic heterocycles. The van der Waals surface area contributed by atoms with E-state index in [1.54, 1.807) is 0 Å². The molecule has 2 nitrogen and oxygen atoms in total. The van der Waals surface area contributed by atoms with Crippen LogP contribution in [0.5, 0.6) is 0 Å². The third-order valence-corrected chi connectivity index (χ3v) is 3.96. The van der Waals surface area contributed by atoms with Crippen molar-refractivity contribution in [2.24, 2.45) is 5.92 Å². The number of likely N-dealkylation sites (tertiary alicyclic amines) is 1. The first-order valence-corrected chi connectivity index (χ1v) is 7.50. The summed E-state index contributed by atoms with van der Waals surface area (Å²) in [6.45, 7) is 7.89. The van der Waals surface area contributed by atoms with Gasteiger partial charge in [-0.05, 0) is 51.2 Å². The van der Waals surface area contributed by atoms with Crippen LogP contribution in [-0.4, -0.2) is 30.3 Å². The van der Waals surface area contributed by atoms with Gasteiger partial charge < -0.3 is 4.90 Å². The molecule has 0 saturated carbocycles. The van der Waals surface area contributed by atoms with E-state index in [-0.39, 0.29) is 0 Å². The maximum Gasteiger partial charge on any atom is 0.132 e. The molecule has 100 valence electrons. The minimum atomic E-state index is 0.420. The number of carbonyl (C=O) groups excluding carboxylic acids is 1. The fourth-order valence-corrected chi connectivity index (χ4v) is 2.82. The van der Waals surface area contributed by atoms with Gasteiger partial charge in [-0.1, -0.05) is 26.7 Å². The number of carbonyl (C=O) groups is 1. The molecule has 0 aromatic carbocycles. The van der Waals surface area contributed by atoms with Crippen LogP contribution >= 0.6 is 0 Å². The highest BCUT2D eigenvalue weighted by atomic mass is 16.1. The summed E-state index contributed by atoms with van der Waals surface area (Å²) in [5.74, 6) is 1.38. The molecule has 1 aliphatic rings. The maximum atomic E-state index is 11.2. The van der Waals surface area contributed by atoms with Crippen LogP contribution in [0, 0.1) is 5.92 Å². The Morgan fingerprint density at radius 1 is 1.24 bits per heavy atom. The average molecular weight is 239 g/mol. The third-order valence-electron chi connectivity index (χ3n) is 3.96. The molecule has 17 heavy (non-hydrogen) atoms. The molecular formula is C15H29NO. The molecule has 1 saturated heterocycles. The van der Waals surface area contributed by atoms with E-state index >= 15 is 0 Å². The second-order valence-corrected chi connectivity index (χ2v) is 5.42. The first-order valence-electron chi connectivity index (χ1n) is 7.50. The van der Waals surface area contributed by atoms with Crippen molar-refractivity contribution in [1.82, 2.24) is 4.90 Å². The van der Waals surface area contributed by atoms with E-state index in [1.807, 2.05) is 6.92 Å². The Bertz CT molecular complexity index is 215. The predicted molar refractivity (Wildman–Crippen MR) is 73.2 cm³/mol. The zero-order valence-corrected chi connectivity index (χ0v) is 11.7. The van der Waals surface area contributed by atoms with Crippen LogP contribution < -0.4 is 0 Å². The fourth-order valence-electron chi connectivity index (χ4n) is 2.82. The predicted octanol–water partition coefficient (Wildman–Crippen LogP) is 3.65. The van der Waals surface area contributed by atoms with Crippen molar-refractivity contribution >= 4 is 5.78 Å². The van der Waals surface area contributed by atoms with Crippen LogP contribution in [0.15, 0.2) is 0 Å². The summed E-state index contributed by atoms with van der Waals surface area (Å²) in [5.41, 5.74) is 0. The largest absolute Gasteiger partial charge is 0.303 e. The highest BCUT2D eigenvalue weighted by Crippen LogP contribution is 2.21. The summed E-state index contributed by atoms with van der Waals surface area (Å²) < 4.78 is 0. The summed E-state index contributed by atoms with van der Waals surface area (Å²) >= 11 is 0. The average Bonchev–Trinajstić information content (AvgIpc) is 2.55. The van der Waals surface area contributed by atoms with E-state index < -0.39 is 0 Å². The van der Waals surface area contributed by atoms with Gasteiger partial charge in [0.15, 0.2) is 0 Å². The zero-order chi connectivity index (χ0) is 12.5. The highest BCUT2D eigenvalue weighted by molar-refractivity contribution is 5.77. The molecule has 0 amide bonds. The Kier molecular flexibility index (Phi) is 7.50. The molecule has 1 atom stereocenters. The number of hydrogen-bond donors (Lipinski definition) is 0. The van der Waals surface area contributed by atoms with Crippen LogP contribution in [0.2, 0.25) is 0 Å². The van der Waals surface area contributed by atoms with Gasteiger partial charge in [-0.25, -0.2) is 0 Å². The lowest BCUT2D eigenvalue weighted by atomic mass is 9.96. The van der Waals surface area contributed by atoms with Crippen molar-refractivity contribution in [2.75, 3.05) is 19.6 Å². The summed E-state index contributed by atoms with van der Waals surface area (Å²) in [4.78, 5) is 13.8. The quantitative estimate of drug-likeness (QED) is 0.676. The highest BCUT2D eigenvalue weighted by Gasteiger charge is 2.15. The van der Waals surface area contributed by atoms with Gasteiger partial charge in [-0.2, -0.15) is 0 Å². The molecule has 0 bridgehead atoms. The second kappa shape index (κ2) is 8.68. The molecule has 0 aromatic rings. The molecule has 1 unspecified atom stereocenters. The molecule has 2 heteroatoms. The standard InChI is InChI=1S/C15H29NO/c1-3-7-14-8-5-11-16(13-10-14)12-6-9-15(17)4-2/h14H,3-13H2,1-2H3.